The first-order chi connectivity index (χ1) is 16.2. The van der Waals surface area contributed by atoms with Gasteiger partial charge >= 0.3 is 4.87 Å². The van der Waals surface area contributed by atoms with Crippen molar-refractivity contribution >= 4 is 34.7 Å². The molecule has 5 nitrogen and oxygen atoms in total. The summed E-state index contributed by atoms with van der Waals surface area (Å²) in [4.78, 5) is 27.4. The Bertz CT molecular complexity index is 1330. The van der Waals surface area contributed by atoms with Crippen molar-refractivity contribution in [2.45, 2.75) is 10.9 Å². The van der Waals surface area contributed by atoms with E-state index in [2.05, 4.69) is 5.32 Å². The molecule has 166 valence electrons. The third-order valence-electron chi connectivity index (χ3n) is 5.72. The highest BCUT2D eigenvalue weighted by molar-refractivity contribution is 7.99. The molecule has 0 aliphatic carbocycles. The van der Waals surface area contributed by atoms with E-state index in [0.29, 0.717) is 5.75 Å². The van der Waals surface area contributed by atoms with Gasteiger partial charge < -0.3 is 10.1 Å². The van der Waals surface area contributed by atoms with Gasteiger partial charge in [0.2, 0.25) is 5.91 Å². The molecule has 1 aliphatic rings. The number of amides is 1. The smallest absolute Gasteiger partial charge is 0.312 e. The molecule has 0 saturated carbocycles. The van der Waals surface area contributed by atoms with Crippen LogP contribution in [-0.4, -0.2) is 23.3 Å². The van der Waals surface area contributed by atoms with Crippen molar-refractivity contribution in [2.24, 2.45) is 5.92 Å². The van der Waals surface area contributed by atoms with E-state index in [1.807, 2.05) is 84.9 Å². The molecule has 1 N–H and O–H groups in total. The fourth-order valence-electron chi connectivity index (χ4n) is 4.16. The molecule has 2 unspecified atom stereocenters. The summed E-state index contributed by atoms with van der Waals surface area (Å²) in [5.74, 6) is 0.653. The fraction of sp³-hybridized carbons (Fsp3) is 0.154. The minimum Gasteiger partial charge on any atom is -0.497 e. The highest BCUT2D eigenvalue weighted by atomic mass is 32.2. The van der Waals surface area contributed by atoms with E-state index in [-0.39, 0.29) is 22.6 Å². The van der Waals surface area contributed by atoms with Crippen LogP contribution in [0.4, 0.5) is 5.69 Å². The minimum atomic E-state index is -0.336. The normalized spacial score (nSPS) is 17.2. The van der Waals surface area contributed by atoms with Gasteiger partial charge in [0.25, 0.3) is 0 Å². The van der Waals surface area contributed by atoms with Crippen molar-refractivity contribution < 1.29 is 9.53 Å². The van der Waals surface area contributed by atoms with Crippen LogP contribution in [0.25, 0.3) is 5.69 Å². The summed E-state index contributed by atoms with van der Waals surface area (Å²) in [6, 6.07) is 26.9. The molecule has 5 rings (SSSR count). The van der Waals surface area contributed by atoms with Gasteiger partial charge in [-0.2, -0.15) is 0 Å². The second-order valence-electron chi connectivity index (χ2n) is 7.74. The number of hydrogen-bond donors (Lipinski definition) is 1. The first-order valence-electron chi connectivity index (χ1n) is 10.6. The van der Waals surface area contributed by atoms with Crippen molar-refractivity contribution in [1.82, 2.24) is 4.57 Å². The van der Waals surface area contributed by atoms with Crippen LogP contribution in [0.5, 0.6) is 5.75 Å². The standard InChI is InChI=1S/C26H22N2O3S2/c1-31-20-14-8-9-17(15-20)22-21(24(29)27-18-10-4-2-5-11-18)16-32-25-23(22)33-26(30)28(25)19-12-6-3-7-13-19/h2-15,21-22H,16H2,1H3,(H,27,29). The SMILES string of the molecule is COc1cccc(C2c3sc(=O)n(-c4ccccc4)c3SCC2C(=O)Nc2ccccc2)c1. The van der Waals surface area contributed by atoms with Gasteiger partial charge in [0.1, 0.15) is 5.75 Å². The maximum atomic E-state index is 13.4. The Kier molecular flexibility index (Phi) is 6.07. The van der Waals surface area contributed by atoms with Gasteiger partial charge in [-0.15, -0.1) is 11.8 Å². The lowest BCUT2D eigenvalue weighted by atomic mass is 9.85. The second-order valence-corrected chi connectivity index (χ2v) is 9.74. The summed E-state index contributed by atoms with van der Waals surface area (Å²) in [5, 5.41) is 3.97. The van der Waals surface area contributed by atoms with Gasteiger partial charge in [0, 0.05) is 22.2 Å². The average molecular weight is 475 g/mol. The van der Waals surface area contributed by atoms with E-state index < -0.39 is 0 Å². The number of thioether (sulfide) groups is 1. The monoisotopic (exact) mass is 474 g/mol. The van der Waals surface area contributed by atoms with Gasteiger partial charge in [-0.05, 0) is 42.0 Å². The molecule has 0 fully saturated rings. The molecule has 0 saturated heterocycles. The minimum absolute atomic E-state index is 0.0456. The number of anilines is 1. The summed E-state index contributed by atoms with van der Waals surface area (Å²) in [6.07, 6.45) is 0. The number of rotatable bonds is 5. The lowest BCUT2D eigenvalue weighted by molar-refractivity contribution is -0.119. The van der Waals surface area contributed by atoms with E-state index in [1.165, 1.54) is 11.3 Å². The topological polar surface area (TPSA) is 60.3 Å². The van der Waals surface area contributed by atoms with Crippen LogP contribution in [0.15, 0.2) is 94.7 Å². The van der Waals surface area contributed by atoms with Crippen LogP contribution in [0.1, 0.15) is 16.4 Å². The van der Waals surface area contributed by atoms with E-state index in [9.17, 15) is 9.59 Å². The van der Waals surface area contributed by atoms with Crippen molar-refractivity contribution in [3.8, 4) is 11.4 Å². The molecular weight excluding hydrogens is 452 g/mol. The fourth-order valence-corrected chi connectivity index (χ4v) is 6.87. The highest BCUT2D eigenvalue weighted by Crippen LogP contribution is 2.47. The number of para-hydroxylation sites is 2. The Hall–Kier alpha value is -3.29. The van der Waals surface area contributed by atoms with Crippen LogP contribution in [0.3, 0.4) is 0 Å². The molecule has 1 amide bonds. The Morgan fingerprint density at radius 3 is 2.45 bits per heavy atom. The molecule has 0 bridgehead atoms. The molecule has 0 spiro atoms. The van der Waals surface area contributed by atoms with Crippen molar-refractivity contribution in [3.05, 3.63) is 105 Å². The lowest BCUT2D eigenvalue weighted by Crippen LogP contribution is -2.33. The number of carbonyl (C=O) groups is 1. The second kappa shape index (κ2) is 9.29. The molecule has 1 aliphatic heterocycles. The third kappa shape index (κ3) is 4.21. The number of fused-ring (bicyclic) bond motifs is 1. The largest absolute Gasteiger partial charge is 0.497 e. The summed E-state index contributed by atoms with van der Waals surface area (Å²) in [7, 11) is 1.63. The van der Waals surface area contributed by atoms with Crippen LogP contribution >= 0.6 is 23.1 Å². The predicted molar refractivity (Wildman–Crippen MR) is 134 cm³/mol. The number of nitrogens with zero attached hydrogens (tertiary/aromatic N) is 1. The van der Waals surface area contributed by atoms with Crippen molar-refractivity contribution in [2.75, 3.05) is 18.2 Å². The quantitative estimate of drug-likeness (QED) is 0.421. The number of ether oxygens (including phenoxy) is 1. The Labute approximate surface area is 200 Å². The third-order valence-corrected chi connectivity index (χ3v) is 8.08. The van der Waals surface area contributed by atoms with Crippen LogP contribution in [0, 0.1) is 5.92 Å². The Morgan fingerprint density at radius 2 is 1.73 bits per heavy atom. The van der Waals surface area contributed by atoms with E-state index in [4.69, 9.17) is 4.74 Å². The zero-order chi connectivity index (χ0) is 22.8. The van der Waals surface area contributed by atoms with E-state index >= 15 is 0 Å². The first-order valence-corrected chi connectivity index (χ1v) is 12.4. The average Bonchev–Trinajstić information content (AvgIpc) is 3.20. The molecule has 1 aromatic heterocycles. The number of hydrogen-bond acceptors (Lipinski definition) is 5. The number of methoxy groups -OCH3 is 1. The Balaban J connectivity index is 1.61. The zero-order valence-electron chi connectivity index (χ0n) is 17.9. The molecule has 3 aromatic carbocycles. The van der Waals surface area contributed by atoms with Crippen molar-refractivity contribution in [3.63, 3.8) is 0 Å². The number of aromatic nitrogens is 1. The van der Waals surface area contributed by atoms with Crippen LogP contribution in [0.2, 0.25) is 0 Å². The summed E-state index contributed by atoms with van der Waals surface area (Å²) >= 11 is 2.79. The first kappa shape index (κ1) is 21.6. The van der Waals surface area contributed by atoms with E-state index in [0.717, 1.165) is 32.6 Å². The lowest BCUT2D eigenvalue weighted by Gasteiger charge is -2.31. The molecular formula is C26H22N2O3S2. The molecule has 2 heterocycles. The molecule has 33 heavy (non-hydrogen) atoms. The van der Waals surface area contributed by atoms with Crippen LogP contribution in [-0.2, 0) is 4.79 Å². The molecule has 0 radical (unpaired) electrons. The van der Waals surface area contributed by atoms with Gasteiger partial charge in [-0.1, -0.05) is 59.9 Å². The van der Waals surface area contributed by atoms with Gasteiger partial charge in [0.05, 0.1) is 23.7 Å². The molecule has 7 heteroatoms. The number of thiazole rings is 1. The maximum absolute atomic E-state index is 13.4. The van der Waals surface area contributed by atoms with Gasteiger partial charge in [-0.3, -0.25) is 14.2 Å². The summed E-state index contributed by atoms with van der Waals surface area (Å²) in [6.45, 7) is 0. The number of carbonyl (C=O) groups excluding carboxylic acids is 1. The van der Waals surface area contributed by atoms with Gasteiger partial charge in [-0.25, -0.2) is 0 Å². The number of benzene rings is 3. The Morgan fingerprint density at radius 1 is 1.00 bits per heavy atom. The van der Waals surface area contributed by atoms with E-state index in [1.54, 1.807) is 23.4 Å². The highest BCUT2D eigenvalue weighted by Gasteiger charge is 2.39. The van der Waals surface area contributed by atoms with Crippen LogP contribution < -0.4 is 14.9 Å². The predicted octanol–water partition coefficient (Wildman–Crippen LogP) is 5.40. The van der Waals surface area contributed by atoms with Gasteiger partial charge in [0.15, 0.2) is 0 Å². The number of nitrogens with one attached hydrogen (secondary N) is 1. The summed E-state index contributed by atoms with van der Waals surface area (Å²) < 4.78 is 7.22. The maximum Gasteiger partial charge on any atom is 0.312 e. The summed E-state index contributed by atoms with van der Waals surface area (Å²) in [5.41, 5.74) is 2.56. The molecule has 2 atom stereocenters. The van der Waals surface area contributed by atoms with Crippen molar-refractivity contribution in [1.29, 1.82) is 0 Å². The zero-order valence-corrected chi connectivity index (χ0v) is 19.6. The molecule has 4 aromatic rings.